The van der Waals surface area contributed by atoms with Crippen molar-refractivity contribution in [2.75, 3.05) is 7.05 Å². The number of nitrogens with two attached hydrogens (primary N) is 1. The highest BCUT2D eigenvalue weighted by Crippen LogP contribution is 2.26. The van der Waals surface area contributed by atoms with Crippen molar-refractivity contribution in [3.05, 3.63) is 65.7 Å². The number of piperidine rings is 1. The van der Waals surface area contributed by atoms with Gasteiger partial charge in [-0.25, -0.2) is 4.79 Å². The van der Waals surface area contributed by atoms with E-state index in [0.717, 1.165) is 4.90 Å². The van der Waals surface area contributed by atoms with Crippen molar-refractivity contribution in [2.24, 2.45) is 23.5 Å². The van der Waals surface area contributed by atoms with Gasteiger partial charge in [0.25, 0.3) is 0 Å². The van der Waals surface area contributed by atoms with Gasteiger partial charge in [0.15, 0.2) is 0 Å². The van der Waals surface area contributed by atoms with E-state index in [0.29, 0.717) is 11.1 Å². The van der Waals surface area contributed by atoms with E-state index in [9.17, 15) is 58.5 Å². The number of nitrogens with zero attached hydrogens (tertiary/aromatic N) is 2. The molecule has 21 nitrogen and oxygen atoms in total. The molecule has 21 heteroatoms. The summed E-state index contributed by atoms with van der Waals surface area (Å²) in [6.07, 6.45) is -5.95. The lowest BCUT2D eigenvalue weighted by atomic mass is 9.94. The minimum atomic E-state index is -1.87. The summed E-state index contributed by atoms with van der Waals surface area (Å²) >= 11 is 0. The highest BCUT2D eigenvalue weighted by atomic mass is 16.5. The summed E-state index contributed by atoms with van der Waals surface area (Å²) in [5, 5.41) is 44.5. The van der Waals surface area contributed by atoms with Crippen LogP contribution in [0.4, 0.5) is 0 Å². The van der Waals surface area contributed by atoms with Crippen LogP contribution in [0, 0.1) is 17.8 Å². The normalized spacial score (nSPS) is 25.2. The molecule has 8 amide bonds. The van der Waals surface area contributed by atoms with Gasteiger partial charge in [-0.1, -0.05) is 84.0 Å². The predicted octanol–water partition coefficient (Wildman–Crippen LogP) is -0.332. The lowest BCUT2D eigenvalue weighted by Gasteiger charge is -2.43. The molecule has 2 bridgehead atoms. The van der Waals surface area contributed by atoms with Crippen LogP contribution in [0.1, 0.15) is 91.7 Å². The number of nitrogens with one attached hydrogen (secondary N) is 5. The van der Waals surface area contributed by atoms with Crippen LogP contribution in [0.15, 0.2) is 54.6 Å². The number of esters is 1. The van der Waals surface area contributed by atoms with Gasteiger partial charge in [-0.15, -0.1) is 0 Å². The largest absolute Gasteiger partial charge is 0.508 e. The van der Waals surface area contributed by atoms with E-state index in [-0.39, 0.29) is 56.1 Å². The van der Waals surface area contributed by atoms with Crippen molar-refractivity contribution in [2.45, 2.75) is 154 Å². The fourth-order valence-corrected chi connectivity index (χ4v) is 8.40. The van der Waals surface area contributed by atoms with Crippen molar-refractivity contribution in [1.82, 2.24) is 36.4 Å². The van der Waals surface area contributed by atoms with Gasteiger partial charge in [-0.2, -0.15) is 0 Å². The van der Waals surface area contributed by atoms with Crippen molar-refractivity contribution in [3.63, 3.8) is 0 Å². The second-order valence-electron chi connectivity index (χ2n) is 19.3. The van der Waals surface area contributed by atoms with E-state index in [1.165, 1.54) is 43.1 Å². The molecular formula is C49H70N8O13. The quantitative estimate of drug-likeness (QED) is 0.103. The topological polar surface area (TPSA) is 316 Å². The Morgan fingerprint density at radius 2 is 1.41 bits per heavy atom. The van der Waals surface area contributed by atoms with Crippen LogP contribution in [0.2, 0.25) is 0 Å². The molecular weight excluding hydrogens is 909 g/mol. The van der Waals surface area contributed by atoms with Crippen LogP contribution in [-0.2, 0) is 60.7 Å². The monoisotopic (exact) mass is 979 g/mol. The molecule has 0 spiro atoms. The third-order valence-corrected chi connectivity index (χ3v) is 12.2. The summed E-state index contributed by atoms with van der Waals surface area (Å²) in [6.45, 7) is 11.6. The standard InChI is InChI=1S/C49H70N8O13/c1-25(2)20-33-42(62)51-32-18-19-39(61)57(47(32)67)36(21-26(3)4)48(68)56(8)35(22-29-12-10-9-11-13-29)44(64)54-40(27(5)6)49(69)70-28(7)41(46(66)53-33)55-43(63)34(24-38(50)60)52-45(65)37(59)23-30-14-16-31(58)17-15-30/h9-17,25-28,32-37,39-41,58-59,61H,18-24H2,1-8H3,(H2,50,60)(H,51,62)(H,52,65)(H,53,66)(H,54,64)(H,55,63)/t28-,32+,33+,34+,35+,36+,37-,39-,40+,41+/m1/s1. The van der Waals surface area contributed by atoms with E-state index in [1.807, 2.05) is 13.8 Å². The van der Waals surface area contributed by atoms with E-state index >= 15 is 0 Å². The number of phenols is 1. The van der Waals surface area contributed by atoms with Crippen LogP contribution in [0.25, 0.3) is 0 Å². The Morgan fingerprint density at radius 1 is 0.786 bits per heavy atom. The zero-order valence-electron chi connectivity index (χ0n) is 41.0. The first-order valence-electron chi connectivity index (χ1n) is 23.7. The first-order chi connectivity index (χ1) is 32.9. The first kappa shape index (κ1) is 56.0. The second-order valence-corrected chi connectivity index (χ2v) is 19.3. The van der Waals surface area contributed by atoms with Gasteiger partial charge in [-0.3, -0.25) is 38.4 Å². The molecule has 2 saturated heterocycles. The highest BCUT2D eigenvalue weighted by molar-refractivity contribution is 5.99. The maximum absolute atomic E-state index is 14.8. The number of phenolic OH excluding ortho intramolecular Hbond substituents is 1. The second kappa shape index (κ2) is 25.3. The molecule has 2 aliphatic rings. The summed E-state index contributed by atoms with van der Waals surface area (Å²) in [7, 11) is 1.39. The smallest absolute Gasteiger partial charge is 0.329 e. The molecule has 4 rings (SSSR count). The van der Waals surface area contributed by atoms with E-state index in [4.69, 9.17) is 10.5 Å². The van der Waals surface area contributed by atoms with Gasteiger partial charge >= 0.3 is 5.97 Å². The fourth-order valence-electron chi connectivity index (χ4n) is 8.40. The number of hydrogen-bond acceptors (Lipinski definition) is 13. The minimum absolute atomic E-state index is 0.0115. The number of rotatable bonds is 15. The zero-order valence-corrected chi connectivity index (χ0v) is 41.0. The molecule has 0 radical (unpaired) electrons. The van der Waals surface area contributed by atoms with Crippen LogP contribution in [-0.4, -0.2) is 146 Å². The molecule has 0 aromatic heterocycles. The number of aliphatic hydroxyl groups is 2. The molecule has 2 fully saturated rings. The molecule has 2 aliphatic heterocycles. The Hall–Kier alpha value is -6.61. The number of carbonyl (C=O) groups excluding carboxylic acids is 9. The first-order valence-corrected chi connectivity index (χ1v) is 23.7. The highest BCUT2D eigenvalue weighted by Gasteiger charge is 2.46. The van der Waals surface area contributed by atoms with Gasteiger partial charge in [-0.05, 0) is 73.6 Å². The number of aliphatic hydroxyl groups excluding tert-OH is 2. The third-order valence-electron chi connectivity index (χ3n) is 12.2. The molecule has 0 unspecified atom stereocenters. The van der Waals surface area contributed by atoms with Gasteiger partial charge in [0.2, 0.25) is 47.3 Å². The number of likely N-dealkylation sites (N-methyl/N-ethyl adjacent to an activating group) is 1. The van der Waals surface area contributed by atoms with Gasteiger partial charge < -0.3 is 62.2 Å². The number of cyclic esters (lactones) is 1. The van der Waals surface area contributed by atoms with Crippen molar-refractivity contribution >= 4 is 53.2 Å². The van der Waals surface area contributed by atoms with E-state index in [1.54, 1.807) is 58.0 Å². The molecule has 2 aromatic carbocycles. The Kier molecular flexibility index (Phi) is 20.2. The van der Waals surface area contributed by atoms with Gasteiger partial charge in [0.05, 0.1) is 6.42 Å². The van der Waals surface area contributed by atoms with Crippen LogP contribution < -0.4 is 32.3 Å². The zero-order chi connectivity index (χ0) is 52.1. The lowest BCUT2D eigenvalue weighted by Crippen LogP contribution is -2.65. The summed E-state index contributed by atoms with van der Waals surface area (Å²) in [5.74, 6) is -9.72. The summed E-state index contributed by atoms with van der Waals surface area (Å²) in [4.78, 5) is 129. The van der Waals surface area contributed by atoms with Crippen molar-refractivity contribution < 1.29 is 63.2 Å². The summed E-state index contributed by atoms with van der Waals surface area (Å²) in [6, 6.07) is 4.03. The number of benzene rings is 2. The minimum Gasteiger partial charge on any atom is -0.508 e. The Balaban J connectivity index is 1.80. The van der Waals surface area contributed by atoms with Crippen LogP contribution in [0.3, 0.4) is 0 Å². The maximum Gasteiger partial charge on any atom is 0.329 e. The Morgan fingerprint density at radius 3 is 2.00 bits per heavy atom. The van der Waals surface area contributed by atoms with E-state index < -0.39 is 126 Å². The third kappa shape index (κ3) is 15.4. The summed E-state index contributed by atoms with van der Waals surface area (Å²) < 4.78 is 5.84. The molecule has 70 heavy (non-hydrogen) atoms. The van der Waals surface area contributed by atoms with E-state index in [2.05, 4.69) is 26.6 Å². The number of carbonyl (C=O) groups is 9. The number of amides is 8. The molecule has 384 valence electrons. The van der Waals surface area contributed by atoms with Gasteiger partial charge in [0.1, 0.15) is 66.5 Å². The van der Waals surface area contributed by atoms with Crippen molar-refractivity contribution in [3.8, 4) is 5.75 Å². The lowest BCUT2D eigenvalue weighted by molar-refractivity contribution is -0.166. The Bertz CT molecular complexity index is 2190. The van der Waals surface area contributed by atoms with Crippen LogP contribution >= 0.6 is 0 Å². The Labute approximate surface area is 408 Å². The molecule has 10 N–H and O–H groups in total. The number of fused-ring (bicyclic) bond motifs is 2. The number of ether oxygens (including phenoxy) is 1. The number of hydrogen-bond donors (Lipinski definition) is 9. The van der Waals surface area contributed by atoms with Crippen LogP contribution in [0.5, 0.6) is 5.75 Å². The average Bonchev–Trinajstić information content (AvgIpc) is 3.28. The summed E-state index contributed by atoms with van der Waals surface area (Å²) in [5.41, 5.74) is 6.55. The number of primary amides is 1. The van der Waals surface area contributed by atoms with Gasteiger partial charge in [0, 0.05) is 19.9 Å². The average molecular weight is 979 g/mol. The molecule has 2 aromatic rings. The molecule has 0 aliphatic carbocycles. The number of aromatic hydroxyl groups is 1. The maximum atomic E-state index is 14.8. The molecule has 2 heterocycles. The van der Waals surface area contributed by atoms with Crippen molar-refractivity contribution in [1.29, 1.82) is 0 Å². The molecule has 10 atom stereocenters. The molecule has 0 saturated carbocycles. The predicted molar refractivity (Wildman–Crippen MR) is 253 cm³/mol. The fraction of sp³-hybridized carbons (Fsp3) is 0.571. The SMILES string of the molecule is CC(C)C[C@@H]1NC(=O)[C@@H](NC(=O)[C@H](CC(N)=O)NC(=O)[C@H](O)Cc2ccc(O)cc2)[C@@H](C)OC(=O)[C@H](C(C)C)NC(=O)[C@H](Cc2ccccc2)N(C)C(=O)[C@H](CC(C)C)N2C(=O)[C@H](CC[C@H]2O)NC1=O.